The largest absolute Gasteiger partial charge is 0.273 e. The Morgan fingerprint density at radius 1 is 1.42 bits per heavy atom. The standard InChI is InChI=1S/C9H13.2ClH.Zr/c1-2-3-6-9-7-4-5-8-9;;;/h7-8H,2-4,6H2,1H3;2*1H;/q-1;;;. The molecule has 0 bridgehead atoms. The van der Waals surface area contributed by atoms with Crippen LogP contribution in [-0.2, 0) is 26.2 Å². The fourth-order valence-electron chi connectivity index (χ4n) is 0.994. The van der Waals surface area contributed by atoms with Crippen LogP contribution in [0.2, 0.25) is 0 Å². The van der Waals surface area contributed by atoms with E-state index < -0.39 is 0 Å². The maximum Gasteiger partial charge on any atom is 0 e. The second kappa shape index (κ2) is 11.9. The first-order valence-electron chi connectivity index (χ1n) is 3.69. The van der Waals surface area contributed by atoms with Crippen LogP contribution in [0.4, 0.5) is 0 Å². The maximum absolute atomic E-state index is 3.16. The van der Waals surface area contributed by atoms with Gasteiger partial charge in [0.1, 0.15) is 0 Å². The summed E-state index contributed by atoms with van der Waals surface area (Å²) in [5, 5.41) is 0. The molecule has 0 heterocycles. The van der Waals surface area contributed by atoms with Gasteiger partial charge < -0.3 is 0 Å². The van der Waals surface area contributed by atoms with Gasteiger partial charge in [0.15, 0.2) is 0 Å². The smallest absolute Gasteiger partial charge is 0 e. The van der Waals surface area contributed by atoms with Gasteiger partial charge in [-0.25, -0.2) is 11.6 Å². The van der Waals surface area contributed by atoms with E-state index in [0.717, 1.165) is 6.42 Å². The molecule has 0 spiro atoms. The Balaban J connectivity index is -0.000000270. The summed E-state index contributed by atoms with van der Waals surface area (Å²) in [7, 11) is 0. The summed E-state index contributed by atoms with van der Waals surface area (Å²) in [4.78, 5) is 0. The summed E-state index contributed by atoms with van der Waals surface area (Å²) in [5.41, 5.74) is 1.48. The van der Waals surface area contributed by atoms with Crippen LogP contribution in [0.15, 0.2) is 17.7 Å². The summed E-state index contributed by atoms with van der Waals surface area (Å²) in [6.45, 7) is 2.23. The molecule has 0 unspecified atom stereocenters. The molecule has 3 heteroatoms. The molecular weight excluding hydrogens is 270 g/mol. The van der Waals surface area contributed by atoms with Gasteiger partial charge in [-0.2, -0.15) is 6.08 Å². The molecule has 0 aromatic rings. The Bertz CT molecular complexity index is 141. The molecule has 12 heavy (non-hydrogen) atoms. The zero-order chi connectivity index (χ0) is 6.53. The summed E-state index contributed by atoms with van der Waals surface area (Å²) in [5.74, 6) is 0. The molecule has 0 fully saturated rings. The summed E-state index contributed by atoms with van der Waals surface area (Å²) >= 11 is 0. The molecule has 0 aliphatic heterocycles. The van der Waals surface area contributed by atoms with E-state index in [1.165, 1.54) is 24.8 Å². The Kier molecular flexibility index (Phi) is 18.6. The maximum atomic E-state index is 3.16. The number of rotatable bonds is 3. The Labute approximate surface area is 107 Å². The number of allylic oxidation sites excluding steroid dienone is 4. The van der Waals surface area contributed by atoms with Crippen molar-refractivity contribution in [2.45, 2.75) is 32.6 Å². The molecule has 0 nitrogen and oxygen atoms in total. The van der Waals surface area contributed by atoms with Crippen LogP contribution in [0.3, 0.4) is 0 Å². The zero-order valence-electron chi connectivity index (χ0n) is 7.30. The van der Waals surface area contributed by atoms with E-state index in [9.17, 15) is 0 Å². The zero-order valence-corrected chi connectivity index (χ0v) is 11.4. The molecule has 0 atom stereocenters. The normalized spacial score (nSPS) is 12.2. The molecule has 70 valence electrons. The average Bonchev–Trinajstić information content (AvgIpc) is 2.34. The molecule has 0 radical (unpaired) electrons. The van der Waals surface area contributed by atoms with Crippen molar-refractivity contribution in [1.82, 2.24) is 0 Å². The Hall–Kier alpha value is 0.943. The third-order valence-electron chi connectivity index (χ3n) is 1.59. The van der Waals surface area contributed by atoms with E-state index in [4.69, 9.17) is 0 Å². The minimum Gasteiger partial charge on any atom is -0.273 e. The van der Waals surface area contributed by atoms with Gasteiger partial charge in [-0.3, -0.25) is 6.08 Å². The summed E-state index contributed by atoms with van der Waals surface area (Å²) < 4.78 is 0. The first kappa shape index (κ1) is 18.7. The Morgan fingerprint density at radius 3 is 2.50 bits per heavy atom. The molecular formula is C9H15Cl2Zr-. The van der Waals surface area contributed by atoms with Crippen molar-refractivity contribution >= 4 is 24.8 Å². The number of unbranched alkanes of at least 4 members (excludes halogenated alkanes) is 1. The second-order valence-corrected chi connectivity index (χ2v) is 2.44. The van der Waals surface area contributed by atoms with Gasteiger partial charge in [-0.05, 0) is 0 Å². The van der Waals surface area contributed by atoms with Crippen LogP contribution in [0.25, 0.3) is 0 Å². The quantitative estimate of drug-likeness (QED) is 0.694. The van der Waals surface area contributed by atoms with Crippen molar-refractivity contribution in [3.05, 3.63) is 23.8 Å². The molecule has 1 aliphatic rings. The molecule has 0 N–H and O–H groups in total. The van der Waals surface area contributed by atoms with E-state index in [1.807, 2.05) is 0 Å². The van der Waals surface area contributed by atoms with Crippen molar-refractivity contribution in [3.63, 3.8) is 0 Å². The van der Waals surface area contributed by atoms with Crippen LogP contribution >= 0.6 is 24.8 Å². The summed E-state index contributed by atoms with van der Waals surface area (Å²) in [6, 6.07) is 0. The summed E-state index contributed by atoms with van der Waals surface area (Å²) in [6.07, 6.45) is 12.5. The van der Waals surface area contributed by atoms with Crippen LogP contribution < -0.4 is 0 Å². The topological polar surface area (TPSA) is 0 Å². The molecule has 0 saturated carbocycles. The molecule has 0 aromatic heterocycles. The van der Waals surface area contributed by atoms with Crippen LogP contribution in [0.5, 0.6) is 0 Å². The van der Waals surface area contributed by atoms with Gasteiger partial charge in [-0.1, -0.05) is 26.2 Å². The monoisotopic (exact) mass is 283 g/mol. The SMILES string of the molecule is CCCCC1=CC[C-]=C1.Cl.Cl.[Zr]. The molecule has 1 rings (SSSR count). The van der Waals surface area contributed by atoms with Crippen LogP contribution in [-0.4, -0.2) is 0 Å². The van der Waals surface area contributed by atoms with Crippen molar-refractivity contribution in [1.29, 1.82) is 0 Å². The predicted molar refractivity (Wildman–Crippen MR) is 54.5 cm³/mol. The van der Waals surface area contributed by atoms with E-state index in [1.54, 1.807) is 0 Å². The third-order valence-corrected chi connectivity index (χ3v) is 1.59. The van der Waals surface area contributed by atoms with Crippen molar-refractivity contribution in [2.75, 3.05) is 0 Å². The van der Waals surface area contributed by atoms with Crippen molar-refractivity contribution in [3.8, 4) is 0 Å². The number of hydrogen-bond acceptors (Lipinski definition) is 0. The van der Waals surface area contributed by atoms with Crippen LogP contribution in [0.1, 0.15) is 32.6 Å². The second-order valence-electron chi connectivity index (χ2n) is 2.44. The van der Waals surface area contributed by atoms with Gasteiger partial charge in [0.25, 0.3) is 0 Å². The van der Waals surface area contributed by atoms with E-state index >= 15 is 0 Å². The van der Waals surface area contributed by atoms with E-state index in [0.29, 0.717) is 0 Å². The van der Waals surface area contributed by atoms with Gasteiger partial charge in [0.05, 0.1) is 0 Å². The van der Waals surface area contributed by atoms with Crippen LogP contribution in [0, 0.1) is 6.08 Å². The molecule has 0 aromatic carbocycles. The average molecular weight is 285 g/mol. The Morgan fingerprint density at radius 2 is 2.08 bits per heavy atom. The fourth-order valence-corrected chi connectivity index (χ4v) is 0.994. The molecule has 1 aliphatic carbocycles. The first-order valence-corrected chi connectivity index (χ1v) is 3.69. The number of halogens is 2. The predicted octanol–water partition coefficient (Wildman–Crippen LogP) is 3.71. The van der Waals surface area contributed by atoms with Crippen molar-refractivity contribution in [2.24, 2.45) is 0 Å². The van der Waals surface area contributed by atoms with Gasteiger partial charge in [-0.15, -0.1) is 31.2 Å². The molecule has 0 amide bonds. The van der Waals surface area contributed by atoms with Gasteiger partial charge in [0, 0.05) is 26.2 Å². The minimum absolute atomic E-state index is 0. The number of hydrogen-bond donors (Lipinski definition) is 0. The molecule has 0 saturated heterocycles. The van der Waals surface area contributed by atoms with Gasteiger partial charge in [0.2, 0.25) is 0 Å². The van der Waals surface area contributed by atoms with E-state index in [-0.39, 0.29) is 51.0 Å². The van der Waals surface area contributed by atoms with Gasteiger partial charge >= 0.3 is 0 Å². The first-order chi connectivity index (χ1) is 4.43. The fraction of sp³-hybridized carbons (Fsp3) is 0.556. The minimum atomic E-state index is 0. The van der Waals surface area contributed by atoms with E-state index in [2.05, 4.69) is 25.2 Å². The van der Waals surface area contributed by atoms with Crippen molar-refractivity contribution < 1.29 is 26.2 Å². The third kappa shape index (κ3) is 7.58.